The van der Waals surface area contributed by atoms with E-state index in [1.54, 1.807) is 18.5 Å². The first-order valence-electron chi connectivity index (χ1n) is 6.06. The number of hydrogen-bond donors (Lipinski definition) is 0. The quantitative estimate of drug-likeness (QED) is 0.680. The molecule has 2 aromatic heterocycles. The van der Waals surface area contributed by atoms with Crippen LogP contribution in [0.1, 0.15) is 0 Å². The lowest BCUT2D eigenvalue weighted by Crippen LogP contribution is -1.87. The Morgan fingerprint density at radius 2 is 1.55 bits per heavy atom. The second kappa shape index (κ2) is 5.51. The summed E-state index contributed by atoms with van der Waals surface area (Å²) in [6.07, 6.45) is 3.49. The summed E-state index contributed by atoms with van der Waals surface area (Å²) in [6.45, 7) is 0. The van der Waals surface area contributed by atoms with Gasteiger partial charge in [-0.3, -0.25) is 9.97 Å². The summed E-state index contributed by atoms with van der Waals surface area (Å²) in [7, 11) is 0. The number of nitrogens with zero attached hydrogens (tertiary/aromatic N) is 2. The largest absolute Gasteiger partial charge is 0.256 e. The van der Waals surface area contributed by atoms with Crippen LogP contribution in [0.2, 0.25) is 0 Å². The molecule has 0 atom stereocenters. The van der Waals surface area contributed by atoms with Gasteiger partial charge in [0.1, 0.15) is 5.82 Å². The van der Waals surface area contributed by atoms with Gasteiger partial charge < -0.3 is 0 Å². The number of rotatable bonds is 2. The fraction of sp³-hybridized carbons (Fsp3) is 0. The molecule has 4 heteroatoms. The molecule has 98 valence electrons. The van der Waals surface area contributed by atoms with Crippen molar-refractivity contribution in [3.05, 3.63) is 71.2 Å². The second-order valence-electron chi connectivity index (χ2n) is 4.30. The van der Waals surface area contributed by atoms with E-state index in [1.807, 2.05) is 30.3 Å². The SMILES string of the molecule is Fc1cccc(-c2ccc(-c3ccc(Br)cn3)cn2)c1. The van der Waals surface area contributed by atoms with Crippen molar-refractivity contribution < 1.29 is 4.39 Å². The molecule has 0 aliphatic carbocycles. The van der Waals surface area contributed by atoms with Crippen LogP contribution in [0.15, 0.2) is 65.4 Å². The second-order valence-corrected chi connectivity index (χ2v) is 5.22. The average molecular weight is 329 g/mol. The maximum atomic E-state index is 13.2. The highest BCUT2D eigenvalue weighted by Gasteiger charge is 2.03. The minimum atomic E-state index is -0.261. The molecule has 3 aromatic rings. The van der Waals surface area contributed by atoms with Gasteiger partial charge in [-0.2, -0.15) is 0 Å². The summed E-state index contributed by atoms with van der Waals surface area (Å²) >= 11 is 3.35. The van der Waals surface area contributed by atoms with Crippen LogP contribution in [0.3, 0.4) is 0 Å². The third-order valence-corrected chi connectivity index (χ3v) is 3.38. The Balaban J connectivity index is 1.93. The van der Waals surface area contributed by atoms with Crippen molar-refractivity contribution in [2.75, 3.05) is 0 Å². The lowest BCUT2D eigenvalue weighted by molar-refractivity contribution is 0.628. The number of hydrogen-bond acceptors (Lipinski definition) is 2. The lowest BCUT2D eigenvalue weighted by atomic mass is 10.1. The van der Waals surface area contributed by atoms with E-state index in [1.165, 1.54) is 12.1 Å². The van der Waals surface area contributed by atoms with E-state index in [9.17, 15) is 4.39 Å². The molecule has 2 nitrogen and oxygen atoms in total. The normalized spacial score (nSPS) is 10.5. The Morgan fingerprint density at radius 3 is 2.20 bits per heavy atom. The van der Waals surface area contributed by atoms with Crippen LogP contribution in [-0.4, -0.2) is 9.97 Å². The molecule has 1 aromatic carbocycles. The van der Waals surface area contributed by atoms with E-state index < -0.39 is 0 Å². The molecule has 0 unspecified atom stereocenters. The maximum Gasteiger partial charge on any atom is 0.123 e. The third-order valence-electron chi connectivity index (χ3n) is 2.91. The standard InChI is InChI=1S/C16H10BrFN2/c17-13-5-7-16(20-10-13)12-4-6-15(19-9-12)11-2-1-3-14(18)8-11/h1-10H. The van der Waals surface area contributed by atoms with Crippen molar-refractivity contribution in [1.29, 1.82) is 0 Å². The van der Waals surface area contributed by atoms with E-state index >= 15 is 0 Å². The Hall–Kier alpha value is -2.07. The lowest BCUT2D eigenvalue weighted by Gasteiger charge is -2.04. The minimum Gasteiger partial charge on any atom is -0.256 e. The number of halogens is 2. The third kappa shape index (κ3) is 2.75. The number of pyridine rings is 2. The van der Waals surface area contributed by atoms with Crippen LogP contribution in [0, 0.1) is 5.82 Å². The van der Waals surface area contributed by atoms with E-state index in [0.29, 0.717) is 0 Å². The van der Waals surface area contributed by atoms with E-state index in [0.717, 1.165) is 27.0 Å². The molecule has 0 N–H and O–H groups in total. The highest BCUT2D eigenvalue weighted by atomic mass is 79.9. The Morgan fingerprint density at radius 1 is 0.800 bits per heavy atom. The molecular formula is C16H10BrFN2. The summed E-state index contributed by atoms with van der Waals surface area (Å²) in [5.74, 6) is -0.261. The molecule has 0 aliphatic heterocycles. The van der Waals surface area contributed by atoms with E-state index in [4.69, 9.17) is 0 Å². The Kier molecular flexibility index (Phi) is 3.56. The first-order chi connectivity index (χ1) is 9.72. The van der Waals surface area contributed by atoms with Crippen molar-refractivity contribution >= 4 is 15.9 Å². The molecule has 0 saturated carbocycles. The zero-order valence-corrected chi connectivity index (χ0v) is 12.0. The van der Waals surface area contributed by atoms with Gasteiger partial charge in [0.05, 0.1) is 11.4 Å². The minimum absolute atomic E-state index is 0.261. The Labute approximate surface area is 124 Å². The van der Waals surface area contributed by atoms with Crippen LogP contribution >= 0.6 is 15.9 Å². The van der Waals surface area contributed by atoms with Crippen molar-refractivity contribution in [2.45, 2.75) is 0 Å². The monoisotopic (exact) mass is 328 g/mol. The zero-order chi connectivity index (χ0) is 13.9. The summed E-state index contributed by atoms with van der Waals surface area (Å²) in [5.41, 5.74) is 3.29. The van der Waals surface area contributed by atoms with Gasteiger partial charge in [-0.05, 0) is 52.3 Å². The van der Waals surface area contributed by atoms with Crippen molar-refractivity contribution in [3.63, 3.8) is 0 Å². The van der Waals surface area contributed by atoms with Crippen molar-refractivity contribution in [2.24, 2.45) is 0 Å². The zero-order valence-electron chi connectivity index (χ0n) is 10.4. The van der Waals surface area contributed by atoms with Crippen molar-refractivity contribution in [1.82, 2.24) is 9.97 Å². The van der Waals surface area contributed by atoms with Gasteiger partial charge in [0.2, 0.25) is 0 Å². The molecule has 0 saturated heterocycles. The average Bonchev–Trinajstić information content (AvgIpc) is 2.48. The van der Waals surface area contributed by atoms with Gasteiger partial charge in [-0.15, -0.1) is 0 Å². The van der Waals surface area contributed by atoms with Gasteiger partial charge in [0, 0.05) is 28.0 Å². The summed E-state index contributed by atoms with van der Waals surface area (Å²) in [6, 6.07) is 14.1. The van der Waals surface area contributed by atoms with E-state index in [2.05, 4.69) is 25.9 Å². The van der Waals surface area contributed by atoms with E-state index in [-0.39, 0.29) is 5.82 Å². The molecule has 0 spiro atoms. The molecule has 0 bridgehead atoms. The van der Waals surface area contributed by atoms with Gasteiger partial charge in [-0.25, -0.2) is 4.39 Å². The molecule has 0 radical (unpaired) electrons. The summed E-state index contributed by atoms with van der Waals surface area (Å²) in [5, 5.41) is 0. The fourth-order valence-corrected chi connectivity index (χ4v) is 2.15. The fourth-order valence-electron chi connectivity index (χ4n) is 1.91. The maximum absolute atomic E-state index is 13.2. The number of benzene rings is 1. The molecule has 2 heterocycles. The van der Waals surface area contributed by atoms with Gasteiger partial charge in [0.15, 0.2) is 0 Å². The topological polar surface area (TPSA) is 25.8 Å². The highest BCUT2D eigenvalue weighted by Crippen LogP contribution is 2.22. The Bertz CT molecular complexity index is 724. The smallest absolute Gasteiger partial charge is 0.123 e. The summed E-state index contributed by atoms with van der Waals surface area (Å²) in [4.78, 5) is 8.69. The molecule has 20 heavy (non-hydrogen) atoms. The molecule has 0 fully saturated rings. The number of aromatic nitrogens is 2. The molecular weight excluding hydrogens is 319 g/mol. The predicted octanol–water partition coefficient (Wildman–Crippen LogP) is 4.71. The van der Waals surface area contributed by atoms with Crippen molar-refractivity contribution in [3.8, 4) is 22.5 Å². The summed E-state index contributed by atoms with van der Waals surface area (Å²) < 4.78 is 14.1. The molecule has 0 amide bonds. The van der Waals surface area contributed by atoms with Crippen LogP contribution in [0.4, 0.5) is 4.39 Å². The predicted molar refractivity (Wildman–Crippen MR) is 80.6 cm³/mol. The molecule has 0 aliphatic rings. The first kappa shape index (κ1) is 12.9. The van der Waals surface area contributed by atoms with Crippen LogP contribution in [0.25, 0.3) is 22.5 Å². The van der Waals surface area contributed by atoms with Crippen LogP contribution < -0.4 is 0 Å². The van der Waals surface area contributed by atoms with Crippen LogP contribution in [0.5, 0.6) is 0 Å². The molecule has 3 rings (SSSR count). The van der Waals surface area contributed by atoms with Crippen LogP contribution in [-0.2, 0) is 0 Å². The first-order valence-corrected chi connectivity index (χ1v) is 6.85. The highest BCUT2D eigenvalue weighted by molar-refractivity contribution is 9.10. The van der Waals surface area contributed by atoms with Gasteiger partial charge in [-0.1, -0.05) is 12.1 Å². The van der Waals surface area contributed by atoms with Gasteiger partial charge in [0.25, 0.3) is 0 Å². The van der Waals surface area contributed by atoms with Gasteiger partial charge >= 0.3 is 0 Å².